The summed E-state index contributed by atoms with van der Waals surface area (Å²) in [4.78, 5) is 38.2. The van der Waals surface area contributed by atoms with E-state index in [0.717, 1.165) is 12.1 Å². The Morgan fingerprint density at radius 1 is 1.12 bits per heavy atom. The molecule has 0 bridgehead atoms. The fourth-order valence-electron chi connectivity index (χ4n) is 3.85. The van der Waals surface area contributed by atoms with Crippen LogP contribution >= 0.6 is 0 Å². The number of urea groups is 1. The third-order valence-corrected chi connectivity index (χ3v) is 10.4. The van der Waals surface area contributed by atoms with Gasteiger partial charge in [-0.2, -0.15) is 18.4 Å². The Bertz CT molecular complexity index is 1150. The minimum absolute atomic E-state index is 0.143. The molecule has 0 saturated carbocycles. The van der Waals surface area contributed by atoms with E-state index in [9.17, 15) is 27.6 Å². The maximum atomic E-state index is 13.8. The summed E-state index contributed by atoms with van der Waals surface area (Å²) in [5, 5.41) is 11.3. The van der Waals surface area contributed by atoms with Crippen molar-refractivity contribution in [2.45, 2.75) is 56.5 Å². The number of carbonyl (C=O) groups is 2. The topological polar surface area (TPSA) is 93.4 Å². The Labute approximate surface area is 197 Å². The van der Waals surface area contributed by atoms with E-state index in [4.69, 9.17) is 5.26 Å². The highest BCUT2D eigenvalue weighted by molar-refractivity contribution is 6.72. The molecule has 0 aromatic heterocycles. The Morgan fingerprint density at radius 3 is 2.26 bits per heavy atom. The number of nitriles is 1. The van der Waals surface area contributed by atoms with Gasteiger partial charge in [-0.3, -0.25) is 4.79 Å². The molecule has 2 aromatic carbocycles. The first-order valence-electron chi connectivity index (χ1n) is 10.7. The molecule has 34 heavy (non-hydrogen) atoms. The summed E-state index contributed by atoms with van der Waals surface area (Å²) in [5.74, 6) is -0.713. The predicted molar refractivity (Wildman–Crippen MR) is 123 cm³/mol. The average Bonchev–Trinajstić information content (AvgIpc) is 3.01. The lowest BCUT2D eigenvalue weighted by molar-refractivity contribution is -0.137. The average molecular weight is 490 g/mol. The summed E-state index contributed by atoms with van der Waals surface area (Å²) in [7, 11) is -2.64. The van der Waals surface area contributed by atoms with Gasteiger partial charge in [-0.15, -0.1) is 0 Å². The van der Waals surface area contributed by atoms with E-state index in [1.165, 1.54) is 6.07 Å². The molecule has 3 amide bonds. The predicted octanol–water partition coefficient (Wildman–Crippen LogP) is 5.29. The third kappa shape index (κ3) is 4.45. The monoisotopic (exact) mass is 489 g/mol. The zero-order valence-electron chi connectivity index (χ0n) is 19.3. The number of halogens is 3. The SMILES string of the molecule is CC(C)(CCC1(c2ccccc2)NC(=O)N(c2ccc(C#N)c(C(F)(F)F)c2)C1=O)[Si](C)(C)O. The van der Waals surface area contributed by atoms with Crippen molar-refractivity contribution in [1.29, 1.82) is 5.26 Å². The Balaban J connectivity index is 2.09. The normalized spacial score (nSPS) is 19.2. The minimum atomic E-state index is -4.84. The number of alkyl halides is 3. The lowest BCUT2D eigenvalue weighted by atomic mass is 9.83. The van der Waals surface area contributed by atoms with Crippen LogP contribution in [0.3, 0.4) is 0 Å². The van der Waals surface area contributed by atoms with Crippen LogP contribution < -0.4 is 10.2 Å². The van der Waals surface area contributed by atoms with E-state index >= 15 is 0 Å². The summed E-state index contributed by atoms with van der Waals surface area (Å²) in [6.07, 6.45) is -4.30. The highest BCUT2D eigenvalue weighted by Crippen LogP contribution is 2.45. The van der Waals surface area contributed by atoms with Crippen LogP contribution in [0.4, 0.5) is 23.7 Å². The molecule has 0 aliphatic carbocycles. The molecule has 0 radical (unpaired) electrons. The second kappa shape index (κ2) is 8.56. The van der Waals surface area contributed by atoms with Gasteiger partial charge in [0.25, 0.3) is 5.91 Å². The van der Waals surface area contributed by atoms with Crippen molar-refractivity contribution in [2.24, 2.45) is 0 Å². The van der Waals surface area contributed by atoms with E-state index in [-0.39, 0.29) is 12.1 Å². The molecule has 1 saturated heterocycles. The number of hydrogen-bond acceptors (Lipinski definition) is 4. The van der Waals surface area contributed by atoms with Crippen LogP contribution in [-0.4, -0.2) is 25.1 Å². The Kier molecular flexibility index (Phi) is 6.41. The first-order valence-corrected chi connectivity index (χ1v) is 13.6. The molecule has 2 aromatic rings. The fourth-order valence-corrected chi connectivity index (χ4v) is 4.59. The molecule has 1 fully saturated rings. The molecule has 1 heterocycles. The smallest absolute Gasteiger partial charge is 0.417 e. The third-order valence-electron chi connectivity index (χ3n) is 6.83. The van der Waals surface area contributed by atoms with Crippen LogP contribution in [0, 0.1) is 11.3 Å². The molecule has 10 heteroatoms. The number of imide groups is 1. The van der Waals surface area contributed by atoms with E-state index in [2.05, 4.69) is 5.32 Å². The number of rotatable bonds is 6. The lowest BCUT2D eigenvalue weighted by Gasteiger charge is -2.38. The highest BCUT2D eigenvalue weighted by Gasteiger charge is 2.54. The molecule has 0 spiro atoms. The molecular weight excluding hydrogens is 463 g/mol. The van der Waals surface area contributed by atoms with Crippen LogP contribution in [-0.2, 0) is 16.5 Å². The van der Waals surface area contributed by atoms with Crippen molar-refractivity contribution in [3.63, 3.8) is 0 Å². The number of hydrogen-bond donors (Lipinski definition) is 2. The van der Waals surface area contributed by atoms with Gasteiger partial charge in [-0.25, -0.2) is 9.69 Å². The standard InChI is InChI=1S/C24H26F3N3O3Si/c1-22(2,34(3,4)33)12-13-23(17-8-6-5-7-9-17)20(31)30(21(32)29-23)18-11-10-16(15-28)19(14-18)24(25,26)27/h5-11,14,33H,12-13H2,1-4H3,(H,29,32). The summed E-state index contributed by atoms with van der Waals surface area (Å²) in [5.41, 5.74) is -3.12. The molecule has 1 atom stereocenters. The van der Waals surface area contributed by atoms with Crippen LogP contribution in [0.2, 0.25) is 18.1 Å². The van der Waals surface area contributed by atoms with Crippen LogP contribution in [0.25, 0.3) is 0 Å². The van der Waals surface area contributed by atoms with Gasteiger partial charge in [0.05, 0.1) is 22.9 Å². The van der Waals surface area contributed by atoms with Crippen LogP contribution in [0.15, 0.2) is 48.5 Å². The molecule has 1 aliphatic heterocycles. The molecule has 6 nitrogen and oxygen atoms in total. The van der Waals surface area contributed by atoms with E-state index in [1.54, 1.807) is 43.4 Å². The van der Waals surface area contributed by atoms with Gasteiger partial charge >= 0.3 is 12.2 Å². The number of anilines is 1. The summed E-state index contributed by atoms with van der Waals surface area (Å²) >= 11 is 0. The lowest BCUT2D eigenvalue weighted by Crippen LogP contribution is -2.46. The van der Waals surface area contributed by atoms with E-state index in [0.29, 0.717) is 23.0 Å². The van der Waals surface area contributed by atoms with Crippen molar-refractivity contribution < 1.29 is 27.6 Å². The van der Waals surface area contributed by atoms with Crippen molar-refractivity contribution in [1.82, 2.24) is 5.32 Å². The van der Waals surface area contributed by atoms with Crippen LogP contribution in [0.5, 0.6) is 0 Å². The number of nitrogens with zero attached hydrogens (tertiary/aromatic N) is 2. The summed E-state index contributed by atoms with van der Waals surface area (Å²) in [6, 6.07) is 11.9. The molecular formula is C24H26F3N3O3Si. The van der Waals surface area contributed by atoms with Gasteiger partial charge in [0.2, 0.25) is 0 Å². The zero-order valence-corrected chi connectivity index (χ0v) is 20.3. The van der Waals surface area contributed by atoms with Gasteiger partial charge in [0, 0.05) is 0 Å². The van der Waals surface area contributed by atoms with Gasteiger partial charge < -0.3 is 10.1 Å². The first kappa shape index (κ1) is 25.5. The van der Waals surface area contributed by atoms with Gasteiger partial charge in [-0.1, -0.05) is 44.2 Å². The van der Waals surface area contributed by atoms with E-state index < -0.39 is 48.1 Å². The Hall–Kier alpha value is -3.16. The number of benzene rings is 2. The van der Waals surface area contributed by atoms with Crippen molar-refractivity contribution in [3.8, 4) is 6.07 Å². The van der Waals surface area contributed by atoms with Gasteiger partial charge in [0.1, 0.15) is 5.54 Å². The zero-order chi connectivity index (χ0) is 25.5. The summed E-state index contributed by atoms with van der Waals surface area (Å²) < 4.78 is 40.5. The molecule has 1 aliphatic rings. The van der Waals surface area contributed by atoms with Crippen molar-refractivity contribution >= 4 is 25.9 Å². The molecule has 1 unspecified atom stereocenters. The van der Waals surface area contributed by atoms with Gasteiger partial charge in [0.15, 0.2) is 8.32 Å². The highest BCUT2D eigenvalue weighted by atomic mass is 28.4. The molecule has 3 rings (SSSR count). The van der Waals surface area contributed by atoms with Crippen molar-refractivity contribution in [2.75, 3.05) is 4.90 Å². The maximum absolute atomic E-state index is 13.8. The second-order valence-corrected chi connectivity index (χ2v) is 14.1. The van der Waals surface area contributed by atoms with Crippen LogP contribution in [0.1, 0.15) is 43.4 Å². The summed E-state index contributed by atoms with van der Waals surface area (Å²) in [6.45, 7) is 7.37. The van der Waals surface area contributed by atoms with Crippen molar-refractivity contribution in [3.05, 3.63) is 65.2 Å². The number of carbonyl (C=O) groups excluding carboxylic acids is 2. The minimum Gasteiger partial charge on any atom is -0.432 e. The van der Waals surface area contributed by atoms with E-state index in [1.807, 2.05) is 13.8 Å². The second-order valence-electron chi connectivity index (χ2n) is 9.62. The molecule has 2 N–H and O–H groups in total. The van der Waals surface area contributed by atoms with Gasteiger partial charge in [-0.05, 0) is 54.7 Å². The number of nitrogens with one attached hydrogen (secondary N) is 1. The number of amides is 3. The molecule has 180 valence electrons. The maximum Gasteiger partial charge on any atom is 0.417 e. The Morgan fingerprint density at radius 2 is 1.74 bits per heavy atom. The first-order chi connectivity index (χ1) is 15.6. The quantitative estimate of drug-likeness (QED) is 0.426. The largest absolute Gasteiger partial charge is 0.432 e. The fraction of sp³-hybridized carbons (Fsp3) is 0.375.